The summed E-state index contributed by atoms with van der Waals surface area (Å²) in [5.41, 5.74) is 5.20. The number of rotatable bonds is 4. The van der Waals surface area contributed by atoms with Crippen LogP contribution < -0.4 is 4.90 Å². The molecular weight excluding hydrogens is 334 g/mol. The van der Waals surface area contributed by atoms with Gasteiger partial charge in [0.15, 0.2) is 0 Å². The molecule has 0 aliphatic rings. The third-order valence-electron chi connectivity index (χ3n) is 4.36. The van der Waals surface area contributed by atoms with Crippen molar-refractivity contribution in [3.05, 3.63) is 82.6 Å². The molecule has 1 N–H and O–H groups in total. The summed E-state index contributed by atoms with van der Waals surface area (Å²) >= 11 is 6.52. The van der Waals surface area contributed by atoms with E-state index in [1.165, 1.54) is 5.56 Å². The summed E-state index contributed by atoms with van der Waals surface area (Å²) in [6, 6.07) is 17.7. The highest BCUT2D eigenvalue weighted by Gasteiger charge is 2.16. The maximum atomic E-state index is 9.50. The molecular formula is C20H20ClN3O. The van der Waals surface area contributed by atoms with Gasteiger partial charge in [-0.15, -0.1) is 0 Å². The predicted molar refractivity (Wildman–Crippen MR) is 104 cm³/mol. The van der Waals surface area contributed by atoms with Crippen LogP contribution in [0, 0.1) is 6.92 Å². The Labute approximate surface area is 152 Å². The number of anilines is 2. The quantitative estimate of drug-likeness (QED) is 0.408. The molecule has 0 aliphatic carbocycles. The van der Waals surface area contributed by atoms with Crippen molar-refractivity contribution in [3.63, 3.8) is 0 Å². The molecule has 2 aromatic carbocycles. The number of halogens is 1. The van der Waals surface area contributed by atoms with E-state index >= 15 is 0 Å². The van der Waals surface area contributed by atoms with Gasteiger partial charge >= 0.3 is 0 Å². The highest BCUT2D eigenvalue weighted by molar-refractivity contribution is 6.35. The summed E-state index contributed by atoms with van der Waals surface area (Å²) in [6.07, 6.45) is 1.90. The van der Waals surface area contributed by atoms with E-state index in [4.69, 9.17) is 11.6 Å². The van der Waals surface area contributed by atoms with E-state index in [0.717, 1.165) is 17.1 Å². The van der Waals surface area contributed by atoms with E-state index in [2.05, 4.69) is 29.1 Å². The number of benzene rings is 2. The summed E-state index contributed by atoms with van der Waals surface area (Å²) in [4.78, 5) is 2.09. The first-order valence-corrected chi connectivity index (χ1v) is 8.33. The molecule has 1 aromatic heterocycles. The van der Waals surface area contributed by atoms with Crippen LogP contribution in [0.15, 0.2) is 65.9 Å². The van der Waals surface area contributed by atoms with Crippen molar-refractivity contribution in [2.24, 2.45) is 12.2 Å². The maximum absolute atomic E-state index is 9.50. The molecule has 0 amide bonds. The van der Waals surface area contributed by atoms with Crippen molar-refractivity contribution in [2.45, 2.75) is 6.92 Å². The van der Waals surface area contributed by atoms with Gasteiger partial charge in [0.2, 0.25) is 0 Å². The van der Waals surface area contributed by atoms with Crippen LogP contribution in [0.1, 0.15) is 16.8 Å². The fourth-order valence-corrected chi connectivity index (χ4v) is 3.20. The minimum absolute atomic E-state index is 0.447. The Balaban J connectivity index is 1.99. The highest BCUT2D eigenvalue weighted by Crippen LogP contribution is 2.31. The van der Waals surface area contributed by atoms with Gasteiger partial charge in [-0.3, -0.25) is 0 Å². The highest BCUT2D eigenvalue weighted by atomic mass is 35.5. The normalized spacial score (nSPS) is 11.6. The molecule has 128 valence electrons. The van der Waals surface area contributed by atoms with Crippen molar-refractivity contribution in [3.8, 4) is 0 Å². The third kappa shape index (κ3) is 3.26. The fraction of sp³-hybridized carbons (Fsp3) is 0.150. The van der Waals surface area contributed by atoms with E-state index in [1.54, 1.807) is 0 Å². The van der Waals surface area contributed by atoms with Crippen molar-refractivity contribution >= 4 is 28.7 Å². The van der Waals surface area contributed by atoms with E-state index < -0.39 is 0 Å². The zero-order valence-corrected chi connectivity index (χ0v) is 15.2. The minimum atomic E-state index is 0.447. The molecule has 3 rings (SSSR count). The molecule has 5 heteroatoms. The second-order valence-electron chi connectivity index (χ2n) is 5.96. The number of para-hydroxylation sites is 1. The predicted octanol–water partition coefficient (Wildman–Crippen LogP) is 4.98. The smallest absolute Gasteiger partial charge is 0.134 e. The number of aromatic nitrogens is 1. The van der Waals surface area contributed by atoms with Gasteiger partial charge in [0.05, 0.1) is 10.7 Å². The van der Waals surface area contributed by atoms with Gasteiger partial charge in [0.25, 0.3) is 0 Å². The Morgan fingerprint density at radius 1 is 1.12 bits per heavy atom. The van der Waals surface area contributed by atoms with Crippen LogP contribution in [0.5, 0.6) is 0 Å². The zero-order valence-electron chi connectivity index (χ0n) is 14.4. The second kappa shape index (κ2) is 7.03. The number of hydrogen-bond donors (Lipinski definition) is 1. The number of aryl methyl sites for hydroxylation is 2. The summed E-state index contributed by atoms with van der Waals surface area (Å²) in [5, 5.41) is 13.5. The van der Waals surface area contributed by atoms with Crippen molar-refractivity contribution < 1.29 is 5.21 Å². The monoisotopic (exact) mass is 353 g/mol. The molecule has 0 radical (unpaired) electrons. The van der Waals surface area contributed by atoms with Gasteiger partial charge < -0.3 is 14.7 Å². The Bertz CT molecular complexity index is 930. The van der Waals surface area contributed by atoms with E-state index in [-0.39, 0.29) is 0 Å². The molecule has 0 bridgehead atoms. The molecule has 0 spiro atoms. The molecule has 4 nitrogen and oxygen atoms in total. The van der Waals surface area contributed by atoms with E-state index in [1.807, 2.05) is 67.3 Å². The number of nitrogens with zero attached hydrogens (tertiary/aromatic N) is 3. The lowest BCUT2D eigenvalue weighted by Gasteiger charge is -2.22. The Kier molecular flexibility index (Phi) is 4.81. The van der Waals surface area contributed by atoms with Crippen LogP contribution in [-0.2, 0) is 7.05 Å². The van der Waals surface area contributed by atoms with Crippen LogP contribution >= 0.6 is 11.6 Å². The van der Waals surface area contributed by atoms with E-state index in [0.29, 0.717) is 16.3 Å². The molecule has 3 aromatic rings. The topological polar surface area (TPSA) is 40.8 Å². The van der Waals surface area contributed by atoms with Crippen molar-refractivity contribution in [1.82, 2.24) is 4.57 Å². The molecule has 0 fully saturated rings. The number of hydrogen-bond acceptors (Lipinski definition) is 3. The fourth-order valence-electron chi connectivity index (χ4n) is 2.93. The van der Waals surface area contributed by atoms with Gasteiger partial charge in [0.1, 0.15) is 5.71 Å². The summed E-state index contributed by atoms with van der Waals surface area (Å²) in [7, 11) is 3.90. The molecule has 0 unspecified atom stereocenters. The molecule has 0 saturated heterocycles. The first kappa shape index (κ1) is 17.1. The van der Waals surface area contributed by atoms with Crippen LogP contribution in [0.3, 0.4) is 0 Å². The SMILES string of the molecule is Cc1ccccc1N(C)c1ccc(/C(=N\O)c2cccn2C)c(Cl)c1. The standard InChI is InChI=1S/C20H20ClN3O/c1-14-7-4-5-8-18(14)24(3)15-10-11-16(17(21)13-15)20(22-25)19-9-6-12-23(19)2/h4-13,25H,1-3H3/b22-20+. The van der Waals surface area contributed by atoms with Gasteiger partial charge in [-0.2, -0.15) is 0 Å². The third-order valence-corrected chi connectivity index (χ3v) is 4.67. The van der Waals surface area contributed by atoms with Crippen LogP contribution in [0.25, 0.3) is 0 Å². The summed E-state index contributed by atoms with van der Waals surface area (Å²) < 4.78 is 1.89. The average Bonchev–Trinajstić information content (AvgIpc) is 3.03. The lowest BCUT2D eigenvalue weighted by atomic mass is 10.1. The largest absolute Gasteiger partial charge is 0.410 e. The van der Waals surface area contributed by atoms with Crippen LogP contribution in [0.2, 0.25) is 5.02 Å². The molecule has 0 aliphatic heterocycles. The molecule has 0 saturated carbocycles. The lowest BCUT2D eigenvalue weighted by molar-refractivity contribution is 0.319. The average molecular weight is 354 g/mol. The Morgan fingerprint density at radius 2 is 1.88 bits per heavy atom. The summed E-state index contributed by atoms with van der Waals surface area (Å²) in [6.45, 7) is 2.08. The van der Waals surface area contributed by atoms with Crippen LogP contribution in [-0.4, -0.2) is 22.5 Å². The van der Waals surface area contributed by atoms with E-state index in [9.17, 15) is 5.21 Å². The number of oxime groups is 1. The van der Waals surface area contributed by atoms with Gasteiger partial charge in [-0.05, 0) is 48.9 Å². The Morgan fingerprint density at radius 3 is 2.48 bits per heavy atom. The first-order chi connectivity index (χ1) is 12.0. The van der Waals surface area contributed by atoms with Crippen molar-refractivity contribution in [1.29, 1.82) is 0 Å². The van der Waals surface area contributed by atoms with Gasteiger partial charge in [-0.25, -0.2) is 0 Å². The minimum Gasteiger partial charge on any atom is -0.410 e. The lowest BCUT2D eigenvalue weighted by Crippen LogP contribution is -2.12. The molecule has 25 heavy (non-hydrogen) atoms. The maximum Gasteiger partial charge on any atom is 0.134 e. The van der Waals surface area contributed by atoms with Crippen LogP contribution in [0.4, 0.5) is 11.4 Å². The summed E-state index contributed by atoms with van der Waals surface area (Å²) in [5.74, 6) is 0. The van der Waals surface area contributed by atoms with Gasteiger partial charge in [-0.1, -0.05) is 35.0 Å². The second-order valence-corrected chi connectivity index (χ2v) is 6.37. The Hall–Kier alpha value is -2.72. The molecule has 1 heterocycles. The molecule has 0 atom stereocenters. The van der Waals surface area contributed by atoms with Gasteiger partial charge in [0, 0.05) is 37.2 Å². The zero-order chi connectivity index (χ0) is 18.0. The first-order valence-electron chi connectivity index (χ1n) is 7.96. The van der Waals surface area contributed by atoms with Crippen molar-refractivity contribution in [2.75, 3.05) is 11.9 Å².